The van der Waals surface area contributed by atoms with Crippen molar-refractivity contribution in [1.82, 2.24) is 0 Å². The van der Waals surface area contributed by atoms with Crippen molar-refractivity contribution >= 4 is 15.9 Å². The molecule has 0 bridgehead atoms. The van der Waals surface area contributed by atoms with E-state index < -0.39 is 0 Å². The molecule has 0 aliphatic heterocycles. The Balaban J connectivity index is 2.81. The van der Waals surface area contributed by atoms with Crippen LogP contribution in [-0.2, 0) is 5.33 Å². The molecule has 18 heavy (non-hydrogen) atoms. The van der Waals surface area contributed by atoms with E-state index in [1.54, 1.807) is 0 Å². The lowest BCUT2D eigenvalue weighted by atomic mass is 10.2. The number of alkyl halides is 1. The maximum absolute atomic E-state index is 5.83. The average molecular weight is 315 g/mol. The minimum absolute atomic E-state index is 0.522. The van der Waals surface area contributed by atoms with Gasteiger partial charge < -0.3 is 9.47 Å². The zero-order valence-electron chi connectivity index (χ0n) is 11.7. The molecule has 0 heterocycles. The van der Waals surface area contributed by atoms with Gasteiger partial charge in [-0.15, -0.1) is 0 Å². The van der Waals surface area contributed by atoms with Gasteiger partial charge in [0.1, 0.15) is 11.5 Å². The van der Waals surface area contributed by atoms with Crippen LogP contribution in [0, 0.1) is 11.8 Å². The zero-order valence-corrected chi connectivity index (χ0v) is 13.3. The van der Waals surface area contributed by atoms with Gasteiger partial charge in [-0.2, -0.15) is 0 Å². The lowest BCUT2D eigenvalue weighted by molar-refractivity contribution is 0.254. The van der Waals surface area contributed by atoms with Gasteiger partial charge in [0.25, 0.3) is 0 Å². The van der Waals surface area contributed by atoms with Gasteiger partial charge in [-0.25, -0.2) is 0 Å². The van der Waals surface area contributed by atoms with Gasteiger partial charge in [-0.3, -0.25) is 0 Å². The Morgan fingerprint density at radius 2 is 1.39 bits per heavy atom. The molecule has 0 fully saturated rings. The van der Waals surface area contributed by atoms with Crippen molar-refractivity contribution in [2.45, 2.75) is 33.0 Å². The molecule has 1 rings (SSSR count). The summed E-state index contributed by atoms with van der Waals surface area (Å²) >= 11 is 3.51. The van der Waals surface area contributed by atoms with Gasteiger partial charge in [-0.05, 0) is 24.0 Å². The molecule has 0 unspecified atom stereocenters. The van der Waals surface area contributed by atoms with Crippen LogP contribution >= 0.6 is 15.9 Å². The molecule has 0 aliphatic carbocycles. The van der Waals surface area contributed by atoms with Crippen LogP contribution in [-0.4, -0.2) is 13.2 Å². The monoisotopic (exact) mass is 314 g/mol. The minimum atomic E-state index is 0.522. The lowest BCUT2D eigenvalue weighted by Crippen LogP contribution is -2.09. The molecule has 0 saturated carbocycles. The Kier molecular flexibility index (Phi) is 6.55. The van der Waals surface area contributed by atoms with Crippen LogP contribution in [0.5, 0.6) is 11.5 Å². The highest BCUT2D eigenvalue weighted by Crippen LogP contribution is 2.31. The smallest absolute Gasteiger partial charge is 0.127 e. The molecule has 1 aromatic rings. The van der Waals surface area contributed by atoms with E-state index >= 15 is 0 Å². The first-order valence-electron chi connectivity index (χ1n) is 6.48. The van der Waals surface area contributed by atoms with Crippen LogP contribution in [0.15, 0.2) is 18.2 Å². The average Bonchev–Trinajstić information content (AvgIpc) is 2.33. The predicted octanol–water partition coefficient (Wildman–Crippen LogP) is 4.65. The summed E-state index contributed by atoms with van der Waals surface area (Å²) in [6.07, 6.45) is 0. The third-order valence-corrected chi connectivity index (χ3v) is 2.93. The van der Waals surface area contributed by atoms with Gasteiger partial charge in [0, 0.05) is 10.9 Å². The van der Waals surface area contributed by atoms with Crippen molar-refractivity contribution < 1.29 is 9.47 Å². The SMILES string of the molecule is CC(C)COc1cccc(OCC(C)C)c1CBr. The highest BCUT2D eigenvalue weighted by atomic mass is 79.9. The largest absolute Gasteiger partial charge is 0.493 e. The second-order valence-corrected chi connectivity index (χ2v) is 5.84. The van der Waals surface area contributed by atoms with Crippen LogP contribution in [0.1, 0.15) is 33.3 Å². The van der Waals surface area contributed by atoms with E-state index in [-0.39, 0.29) is 0 Å². The lowest BCUT2D eigenvalue weighted by Gasteiger charge is -2.16. The number of hydrogen-bond acceptors (Lipinski definition) is 2. The Labute approximate surface area is 119 Å². The second kappa shape index (κ2) is 7.67. The number of hydrogen-bond donors (Lipinski definition) is 0. The van der Waals surface area contributed by atoms with E-state index in [2.05, 4.69) is 43.6 Å². The van der Waals surface area contributed by atoms with Crippen LogP contribution in [0.2, 0.25) is 0 Å². The molecule has 102 valence electrons. The summed E-state index contributed by atoms with van der Waals surface area (Å²) in [5, 5.41) is 0.745. The van der Waals surface area contributed by atoms with Crippen molar-refractivity contribution in [2.24, 2.45) is 11.8 Å². The molecule has 0 aliphatic rings. The van der Waals surface area contributed by atoms with Crippen molar-refractivity contribution in [1.29, 1.82) is 0 Å². The molecule has 0 spiro atoms. The molecule has 0 atom stereocenters. The predicted molar refractivity (Wildman–Crippen MR) is 79.7 cm³/mol. The number of ether oxygens (including phenoxy) is 2. The van der Waals surface area contributed by atoms with E-state index in [4.69, 9.17) is 9.47 Å². The molecule has 3 heteroatoms. The van der Waals surface area contributed by atoms with E-state index in [0.29, 0.717) is 11.8 Å². The number of rotatable bonds is 7. The van der Waals surface area contributed by atoms with Gasteiger partial charge >= 0.3 is 0 Å². The minimum Gasteiger partial charge on any atom is -0.493 e. The van der Waals surface area contributed by atoms with Crippen LogP contribution < -0.4 is 9.47 Å². The van der Waals surface area contributed by atoms with Crippen molar-refractivity contribution in [3.8, 4) is 11.5 Å². The third-order valence-electron chi connectivity index (χ3n) is 2.37. The molecule has 0 radical (unpaired) electrons. The molecule has 2 nitrogen and oxygen atoms in total. The Morgan fingerprint density at radius 1 is 0.944 bits per heavy atom. The third kappa shape index (κ3) is 4.89. The Morgan fingerprint density at radius 3 is 1.72 bits per heavy atom. The van der Waals surface area contributed by atoms with Gasteiger partial charge in [0.15, 0.2) is 0 Å². The van der Waals surface area contributed by atoms with Crippen molar-refractivity contribution in [3.63, 3.8) is 0 Å². The van der Waals surface area contributed by atoms with Gasteiger partial charge in [0.05, 0.1) is 13.2 Å². The van der Waals surface area contributed by atoms with Crippen molar-refractivity contribution in [3.05, 3.63) is 23.8 Å². The maximum atomic E-state index is 5.83. The topological polar surface area (TPSA) is 18.5 Å². The summed E-state index contributed by atoms with van der Waals surface area (Å²) in [4.78, 5) is 0. The van der Waals surface area contributed by atoms with E-state index in [1.807, 2.05) is 18.2 Å². The molecular weight excluding hydrogens is 292 g/mol. The highest BCUT2D eigenvalue weighted by Gasteiger charge is 2.10. The standard InChI is InChI=1S/C15H23BrO2/c1-11(2)9-17-14-6-5-7-15(13(14)8-16)18-10-12(3)4/h5-7,11-12H,8-10H2,1-4H3. The molecule has 0 aromatic heterocycles. The fourth-order valence-corrected chi connectivity index (χ4v) is 2.01. The van der Waals surface area contributed by atoms with E-state index in [1.165, 1.54) is 0 Å². The van der Waals surface area contributed by atoms with Gasteiger partial charge in [-0.1, -0.05) is 49.7 Å². The highest BCUT2D eigenvalue weighted by molar-refractivity contribution is 9.08. The van der Waals surface area contributed by atoms with Crippen LogP contribution in [0.3, 0.4) is 0 Å². The molecule has 0 saturated heterocycles. The van der Waals surface area contributed by atoms with E-state index in [9.17, 15) is 0 Å². The first-order valence-corrected chi connectivity index (χ1v) is 7.60. The van der Waals surface area contributed by atoms with Gasteiger partial charge in [0.2, 0.25) is 0 Å². The summed E-state index contributed by atoms with van der Waals surface area (Å²) in [5.74, 6) is 2.88. The number of halogens is 1. The van der Waals surface area contributed by atoms with Crippen molar-refractivity contribution in [2.75, 3.05) is 13.2 Å². The fourth-order valence-electron chi connectivity index (χ4n) is 1.46. The molecule has 1 aromatic carbocycles. The Bertz CT molecular complexity index is 331. The van der Waals surface area contributed by atoms with E-state index in [0.717, 1.165) is 35.6 Å². The summed E-state index contributed by atoms with van der Waals surface area (Å²) < 4.78 is 11.7. The fraction of sp³-hybridized carbons (Fsp3) is 0.600. The molecular formula is C15H23BrO2. The number of benzene rings is 1. The Hall–Kier alpha value is -0.700. The summed E-state index contributed by atoms with van der Waals surface area (Å²) in [6, 6.07) is 5.99. The first-order chi connectivity index (χ1) is 8.54. The molecule has 0 amide bonds. The zero-order chi connectivity index (χ0) is 13.5. The first kappa shape index (κ1) is 15.4. The summed E-state index contributed by atoms with van der Waals surface area (Å²) in [7, 11) is 0. The quantitative estimate of drug-likeness (QED) is 0.682. The summed E-state index contributed by atoms with van der Waals surface area (Å²) in [6.45, 7) is 10.0. The second-order valence-electron chi connectivity index (χ2n) is 5.28. The van der Waals surface area contributed by atoms with Crippen LogP contribution in [0.25, 0.3) is 0 Å². The van der Waals surface area contributed by atoms with Crippen LogP contribution in [0.4, 0.5) is 0 Å². The maximum Gasteiger partial charge on any atom is 0.127 e. The molecule has 0 N–H and O–H groups in total. The normalized spacial score (nSPS) is 11.1. The summed E-state index contributed by atoms with van der Waals surface area (Å²) in [5.41, 5.74) is 1.10.